The summed E-state index contributed by atoms with van der Waals surface area (Å²) in [6, 6.07) is 1.31. The van der Waals surface area contributed by atoms with Crippen LogP contribution >= 0.6 is 11.6 Å². The third-order valence-electron chi connectivity index (χ3n) is 3.65. The van der Waals surface area contributed by atoms with Crippen molar-refractivity contribution in [3.63, 3.8) is 0 Å². The number of rotatable bonds is 3. The number of nitrogens with one attached hydrogen (secondary N) is 1. The van der Waals surface area contributed by atoms with Gasteiger partial charge in [0.25, 0.3) is 5.69 Å². The molecule has 1 N–H and O–H groups in total. The molecule has 2 aromatic rings. The first-order chi connectivity index (χ1) is 10.5. The number of aryl methyl sites for hydroxylation is 2. The molecule has 1 aliphatic carbocycles. The first kappa shape index (κ1) is 14.6. The summed E-state index contributed by atoms with van der Waals surface area (Å²) in [5, 5.41) is 14.2. The first-order valence-corrected chi connectivity index (χ1v) is 7.31. The van der Waals surface area contributed by atoms with Crippen LogP contribution in [0.4, 0.5) is 11.5 Å². The molecule has 0 unspecified atom stereocenters. The highest BCUT2D eigenvalue weighted by molar-refractivity contribution is 6.33. The fourth-order valence-corrected chi connectivity index (χ4v) is 2.81. The smallest absolute Gasteiger partial charge is 0.289 e. The molecule has 0 fully saturated rings. The van der Waals surface area contributed by atoms with Crippen molar-refractivity contribution in [2.45, 2.75) is 32.2 Å². The Kier molecular flexibility index (Phi) is 3.89. The molecule has 0 saturated heterocycles. The van der Waals surface area contributed by atoms with E-state index in [4.69, 9.17) is 11.6 Å². The van der Waals surface area contributed by atoms with Crippen LogP contribution in [0.1, 0.15) is 36.0 Å². The number of halogens is 1. The van der Waals surface area contributed by atoms with E-state index in [2.05, 4.69) is 20.3 Å². The van der Waals surface area contributed by atoms with E-state index in [9.17, 15) is 10.1 Å². The van der Waals surface area contributed by atoms with Crippen molar-refractivity contribution in [1.82, 2.24) is 15.0 Å². The average molecular weight is 320 g/mol. The molecule has 0 aliphatic heterocycles. The van der Waals surface area contributed by atoms with Gasteiger partial charge in [0.15, 0.2) is 0 Å². The Balaban J connectivity index is 1.87. The maximum absolute atomic E-state index is 10.7. The number of hydrogen-bond donors (Lipinski definition) is 1. The summed E-state index contributed by atoms with van der Waals surface area (Å²) in [6.07, 6.45) is 5.87. The molecule has 2 heterocycles. The molecule has 0 amide bonds. The fourth-order valence-electron chi connectivity index (χ4n) is 2.60. The van der Waals surface area contributed by atoms with E-state index in [1.165, 1.54) is 12.3 Å². The van der Waals surface area contributed by atoms with Gasteiger partial charge in [0.2, 0.25) is 0 Å². The zero-order chi connectivity index (χ0) is 15.7. The third-order valence-corrected chi connectivity index (χ3v) is 3.94. The number of aromatic nitrogens is 3. The Bertz CT molecular complexity index is 737. The molecular weight excluding hydrogens is 306 g/mol. The molecule has 7 nitrogen and oxygen atoms in total. The van der Waals surface area contributed by atoms with Crippen molar-refractivity contribution < 1.29 is 4.92 Å². The molecule has 8 heteroatoms. The molecular formula is C14H14ClN5O2. The molecule has 2 aromatic heterocycles. The quantitative estimate of drug-likeness (QED) is 0.689. The van der Waals surface area contributed by atoms with Crippen LogP contribution in [0.15, 0.2) is 18.5 Å². The molecule has 0 saturated carbocycles. The second kappa shape index (κ2) is 5.84. The SMILES string of the molecule is Cc1ncc2c(n1)CCC[C@@H]2Nc1ncc([N+](=O)[O-])cc1Cl. The molecule has 1 aliphatic rings. The monoisotopic (exact) mass is 319 g/mol. The molecule has 22 heavy (non-hydrogen) atoms. The molecule has 1 atom stereocenters. The minimum Gasteiger partial charge on any atom is -0.362 e. The minimum absolute atomic E-state index is 0.0100. The Morgan fingerprint density at radius 1 is 1.41 bits per heavy atom. The lowest BCUT2D eigenvalue weighted by atomic mass is 9.92. The van der Waals surface area contributed by atoms with Crippen molar-refractivity contribution in [2.75, 3.05) is 5.32 Å². The molecule has 114 valence electrons. The van der Waals surface area contributed by atoms with Gasteiger partial charge >= 0.3 is 0 Å². The van der Waals surface area contributed by atoms with Crippen molar-refractivity contribution in [2.24, 2.45) is 0 Å². The van der Waals surface area contributed by atoms with Crippen LogP contribution in [-0.2, 0) is 6.42 Å². The van der Waals surface area contributed by atoms with E-state index in [0.29, 0.717) is 5.82 Å². The summed E-state index contributed by atoms with van der Waals surface area (Å²) >= 11 is 6.08. The maximum Gasteiger partial charge on any atom is 0.289 e. The standard InChI is InChI=1S/C14H14ClN5O2/c1-8-16-7-10-12(18-8)3-2-4-13(10)19-14-11(15)5-9(6-17-14)20(21)22/h5-7,13H,2-4H2,1H3,(H,17,19)/t13-/m0/s1. The summed E-state index contributed by atoms with van der Waals surface area (Å²) in [5.74, 6) is 1.19. The van der Waals surface area contributed by atoms with Crippen molar-refractivity contribution in [1.29, 1.82) is 0 Å². The summed E-state index contributed by atoms with van der Waals surface area (Å²) in [5.41, 5.74) is 1.95. The van der Waals surface area contributed by atoms with Gasteiger partial charge in [0.1, 0.15) is 17.8 Å². The Morgan fingerprint density at radius 2 is 2.23 bits per heavy atom. The highest BCUT2D eigenvalue weighted by Gasteiger charge is 2.23. The van der Waals surface area contributed by atoms with Crippen LogP contribution in [0.25, 0.3) is 0 Å². The highest BCUT2D eigenvalue weighted by Crippen LogP contribution is 2.33. The lowest BCUT2D eigenvalue weighted by Gasteiger charge is -2.26. The van der Waals surface area contributed by atoms with Gasteiger partial charge < -0.3 is 5.32 Å². The Labute approximate surface area is 131 Å². The second-order valence-electron chi connectivity index (χ2n) is 5.19. The summed E-state index contributed by atoms with van der Waals surface area (Å²) in [6.45, 7) is 1.87. The summed E-state index contributed by atoms with van der Waals surface area (Å²) < 4.78 is 0. The number of pyridine rings is 1. The fraction of sp³-hybridized carbons (Fsp3) is 0.357. The largest absolute Gasteiger partial charge is 0.362 e. The topological polar surface area (TPSA) is 93.8 Å². The number of nitro groups is 1. The van der Waals surface area contributed by atoms with Crippen molar-refractivity contribution in [3.8, 4) is 0 Å². The predicted molar refractivity (Wildman–Crippen MR) is 82.0 cm³/mol. The van der Waals surface area contributed by atoms with Crippen molar-refractivity contribution in [3.05, 3.63) is 50.7 Å². The normalized spacial score (nSPS) is 16.9. The van der Waals surface area contributed by atoms with Gasteiger partial charge in [-0.2, -0.15) is 0 Å². The van der Waals surface area contributed by atoms with Crippen molar-refractivity contribution >= 4 is 23.1 Å². The lowest BCUT2D eigenvalue weighted by Crippen LogP contribution is -2.20. The van der Waals surface area contributed by atoms with Gasteiger partial charge in [-0.15, -0.1) is 0 Å². The summed E-state index contributed by atoms with van der Waals surface area (Å²) in [4.78, 5) is 23.0. The van der Waals surface area contributed by atoms with Gasteiger partial charge in [0, 0.05) is 23.5 Å². The first-order valence-electron chi connectivity index (χ1n) is 6.93. The van der Waals surface area contributed by atoms with Gasteiger partial charge in [-0.05, 0) is 26.2 Å². The number of hydrogen-bond acceptors (Lipinski definition) is 6. The van der Waals surface area contributed by atoms with Crippen LogP contribution in [0, 0.1) is 17.0 Å². The Morgan fingerprint density at radius 3 is 2.95 bits per heavy atom. The van der Waals surface area contributed by atoms with Gasteiger partial charge in [0.05, 0.1) is 16.0 Å². The van der Waals surface area contributed by atoms with E-state index < -0.39 is 4.92 Å². The van der Waals surface area contributed by atoms with Gasteiger partial charge in [-0.3, -0.25) is 10.1 Å². The number of anilines is 1. The van der Waals surface area contributed by atoms with Crippen LogP contribution in [-0.4, -0.2) is 19.9 Å². The second-order valence-corrected chi connectivity index (χ2v) is 5.60. The molecule has 3 rings (SSSR count). The lowest BCUT2D eigenvalue weighted by molar-refractivity contribution is -0.385. The zero-order valence-corrected chi connectivity index (χ0v) is 12.7. The van der Waals surface area contributed by atoms with E-state index in [1.54, 1.807) is 0 Å². The van der Waals surface area contributed by atoms with Crippen LogP contribution in [0.3, 0.4) is 0 Å². The van der Waals surface area contributed by atoms with Crippen LogP contribution in [0.5, 0.6) is 0 Å². The van der Waals surface area contributed by atoms with E-state index >= 15 is 0 Å². The van der Waals surface area contributed by atoms with Crippen LogP contribution in [0.2, 0.25) is 5.02 Å². The van der Waals surface area contributed by atoms with Gasteiger partial charge in [-0.1, -0.05) is 11.6 Å². The average Bonchev–Trinajstić information content (AvgIpc) is 2.49. The Hall–Kier alpha value is -2.28. The highest BCUT2D eigenvalue weighted by atomic mass is 35.5. The van der Waals surface area contributed by atoms with Crippen LogP contribution < -0.4 is 5.32 Å². The number of fused-ring (bicyclic) bond motifs is 1. The number of nitrogens with zero attached hydrogens (tertiary/aromatic N) is 4. The maximum atomic E-state index is 10.7. The molecule has 0 bridgehead atoms. The molecule has 0 aromatic carbocycles. The van der Waals surface area contributed by atoms with E-state index in [0.717, 1.165) is 36.3 Å². The van der Waals surface area contributed by atoms with E-state index in [1.807, 2.05) is 13.1 Å². The summed E-state index contributed by atoms with van der Waals surface area (Å²) in [7, 11) is 0. The molecule has 0 radical (unpaired) electrons. The zero-order valence-electron chi connectivity index (χ0n) is 11.9. The predicted octanol–water partition coefficient (Wildman–Crippen LogP) is 3.23. The molecule has 0 spiro atoms. The van der Waals surface area contributed by atoms with E-state index in [-0.39, 0.29) is 16.8 Å². The third kappa shape index (κ3) is 2.85. The minimum atomic E-state index is -0.519. The van der Waals surface area contributed by atoms with Gasteiger partial charge in [-0.25, -0.2) is 15.0 Å².